The highest BCUT2D eigenvalue weighted by Crippen LogP contribution is 2.32. The van der Waals surface area contributed by atoms with Gasteiger partial charge in [0, 0.05) is 34.4 Å². The van der Waals surface area contributed by atoms with Crippen LogP contribution in [-0.4, -0.2) is 53.1 Å². The Labute approximate surface area is 208 Å². The molecule has 8 nitrogen and oxygen atoms in total. The Balaban J connectivity index is 2.06. The molecule has 0 aliphatic heterocycles. The normalized spacial score (nSPS) is 9.92. The van der Waals surface area contributed by atoms with Gasteiger partial charge in [0.1, 0.15) is 11.5 Å². The third-order valence-corrected chi connectivity index (χ3v) is 5.24. The molecule has 0 bridgehead atoms. The Morgan fingerprint density at radius 1 is 0.611 bits per heavy atom. The molecule has 8 heteroatoms. The topological polar surface area (TPSA) is 97.4 Å². The first kappa shape index (κ1) is 25.8. The highest BCUT2D eigenvalue weighted by molar-refractivity contribution is 6.49. The number of methoxy groups -OCH3 is 5. The van der Waals surface area contributed by atoms with Gasteiger partial charge in [-0.3, -0.25) is 9.59 Å². The maximum atomic E-state index is 13.4. The number of rotatable bonds is 8. The van der Waals surface area contributed by atoms with Crippen LogP contribution in [0.4, 0.5) is 0 Å². The van der Waals surface area contributed by atoms with E-state index in [2.05, 4.69) is 11.8 Å². The molecule has 36 heavy (non-hydrogen) atoms. The standard InChI is InChI=1S/C28H24O8/c1-32-21-12-20(13-22(15-21)33-2)26(29)27(30)23-16-25(35-4)24(34-3)14-19(23)11-8-17-6-9-18(10-7-17)28(31)36-5/h6-7,9-10,12-16H,1-5H3. The molecule has 3 rings (SSSR count). The van der Waals surface area contributed by atoms with E-state index in [9.17, 15) is 14.4 Å². The summed E-state index contributed by atoms with van der Waals surface area (Å²) in [5, 5.41) is 0. The average Bonchev–Trinajstić information content (AvgIpc) is 2.94. The van der Waals surface area contributed by atoms with Gasteiger partial charge in [0.25, 0.3) is 0 Å². The summed E-state index contributed by atoms with van der Waals surface area (Å²) in [6.45, 7) is 0. The van der Waals surface area contributed by atoms with Gasteiger partial charge < -0.3 is 23.7 Å². The lowest BCUT2D eigenvalue weighted by Gasteiger charge is -2.12. The zero-order chi connectivity index (χ0) is 26.2. The molecule has 0 aliphatic rings. The van der Waals surface area contributed by atoms with Crippen molar-refractivity contribution >= 4 is 17.5 Å². The van der Waals surface area contributed by atoms with Crippen LogP contribution < -0.4 is 18.9 Å². The average molecular weight is 488 g/mol. The highest BCUT2D eigenvalue weighted by Gasteiger charge is 2.24. The van der Waals surface area contributed by atoms with Crippen LogP contribution in [0.25, 0.3) is 0 Å². The van der Waals surface area contributed by atoms with Crippen LogP contribution in [0, 0.1) is 11.8 Å². The minimum Gasteiger partial charge on any atom is -0.497 e. The summed E-state index contributed by atoms with van der Waals surface area (Å²) >= 11 is 0. The molecule has 0 radical (unpaired) electrons. The highest BCUT2D eigenvalue weighted by atomic mass is 16.5. The van der Waals surface area contributed by atoms with Gasteiger partial charge in [-0.2, -0.15) is 0 Å². The molecular weight excluding hydrogens is 464 g/mol. The van der Waals surface area contributed by atoms with Gasteiger partial charge >= 0.3 is 5.97 Å². The van der Waals surface area contributed by atoms with Crippen molar-refractivity contribution < 1.29 is 38.1 Å². The number of ether oxygens (including phenoxy) is 5. The van der Waals surface area contributed by atoms with E-state index in [1.165, 1.54) is 59.8 Å². The molecule has 0 spiro atoms. The Kier molecular flexibility index (Phi) is 8.31. The molecule has 0 aliphatic carbocycles. The molecule has 0 amide bonds. The summed E-state index contributed by atoms with van der Waals surface area (Å²) < 4.78 is 25.8. The van der Waals surface area contributed by atoms with E-state index in [0.717, 1.165) is 0 Å². The van der Waals surface area contributed by atoms with E-state index in [-0.39, 0.29) is 22.4 Å². The van der Waals surface area contributed by atoms with E-state index in [0.29, 0.717) is 28.4 Å². The molecule has 184 valence electrons. The van der Waals surface area contributed by atoms with Crippen molar-refractivity contribution in [2.45, 2.75) is 0 Å². The van der Waals surface area contributed by atoms with E-state index < -0.39 is 17.5 Å². The summed E-state index contributed by atoms with van der Waals surface area (Å²) in [5.41, 5.74) is 1.36. The zero-order valence-corrected chi connectivity index (χ0v) is 20.5. The van der Waals surface area contributed by atoms with Crippen LogP contribution in [0.3, 0.4) is 0 Å². The summed E-state index contributed by atoms with van der Waals surface area (Å²) in [7, 11) is 7.08. The molecule has 0 saturated heterocycles. The summed E-state index contributed by atoms with van der Waals surface area (Å²) in [6, 6.07) is 13.9. The number of ketones is 2. The third kappa shape index (κ3) is 5.65. The fourth-order valence-corrected chi connectivity index (χ4v) is 3.31. The SMILES string of the molecule is COC(=O)c1ccc(C#Cc2cc(OC)c(OC)cc2C(=O)C(=O)c2cc(OC)cc(OC)c2)cc1. The Morgan fingerprint density at radius 3 is 1.72 bits per heavy atom. The molecule has 0 unspecified atom stereocenters. The second kappa shape index (κ2) is 11.6. The molecule has 3 aromatic rings. The van der Waals surface area contributed by atoms with Gasteiger partial charge in [-0.15, -0.1) is 0 Å². The van der Waals surface area contributed by atoms with E-state index in [4.69, 9.17) is 23.7 Å². The maximum absolute atomic E-state index is 13.4. The van der Waals surface area contributed by atoms with Crippen molar-refractivity contribution in [2.75, 3.05) is 35.5 Å². The molecule has 0 heterocycles. The largest absolute Gasteiger partial charge is 0.497 e. The van der Waals surface area contributed by atoms with E-state index in [1.54, 1.807) is 30.3 Å². The number of esters is 1. The fraction of sp³-hybridized carbons (Fsp3) is 0.179. The van der Waals surface area contributed by atoms with Crippen LogP contribution >= 0.6 is 0 Å². The fourth-order valence-electron chi connectivity index (χ4n) is 3.31. The molecule has 3 aromatic carbocycles. The summed E-state index contributed by atoms with van der Waals surface area (Å²) in [4.78, 5) is 38.2. The number of benzene rings is 3. The van der Waals surface area contributed by atoms with Crippen LogP contribution in [0.1, 0.15) is 42.2 Å². The summed E-state index contributed by atoms with van der Waals surface area (Å²) in [6.07, 6.45) is 0. The predicted octanol–water partition coefficient (Wildman–Crippen LogP) is 3.97. The van der Waals surface area contributed by atoms with Crippen molar-refractivity contribution in [2.24, 2.45) is 0 Å². The molecule has 0 aromatic heterocycles. The van der Waals surface area contributed by atoms with Gasteiger partial charge in [0.2, 0.25) is 11.6 Å². The van der Waals surface area contributed by atoms with Crippen LogP contribution in [0.5, 0.6) is 23.0 Å². The van der Waals surface area contributed by atoms with Crippen molar-refractivity contribution in [1.29, 1.82) is 0 Å². The Morgan fingerprint density at radius 2 is 1.19 bits per heavy atom. The monoisotopic (exact) mass is 488 g/mol. The smallest absolute Gasteiger partial charge is 0.337 e. The molecule has 0 N–H and O–H groups in total. The zero-order valence-electron chi connectivity index (χ0n) is 20.5. The van der Waals surface area contributed by atoms with Crippen LogP contribution in [-0.2, 0) is 4.74 Å². The summed E-state index contributed by atoms with van der Waals surface area (Å²) in [5.74, 6) is 5.19. The van der Waals surface area contributed by atoms with Gasteiger partial charge in [-0.05, 0) is 42.5 Å². The molecule has 0 saturated carbocycles. The van der Waals surface area contributed by atoms with Gasteiger partial charge in [0.15, 0.2) is 11.5 Å². The molecule has 0 fully saturated rings. The Bertz CT molecular complexity index is 1340. The lowest BCUT2D eigenvalue weighted by molar-refractivity contribution is 0.0600. The van der Waals surface area contributed by atoms with Gasteiger partial charge in [-0.1, -0.05) is 11.8 Å². The maximum Gasteiger partial charge on any atom is 0.337 e. The van der Waals surface area contributed by atoms with Crippen molar-refractivity contribution in [3.05, 3.63) is 82.4 Å². The van der Waals surface area contributed by atoms with E-state index in [1.807, 2.05) is 0 Å². The van der Waals surface area contributed by atoms with E-state index >= 15 is 0 Å². The minimum absolute atomic E-state index is 0.0399. The predicted molar refractivity (Wildman–Crippen MR) is 132 cm³/mol. The van der Waals surface area contributed by atoms with Crippen LogP contribution in [0.2, 0.25) is 0 Å². The molecule has 0 atom stereocenters. The molecular formula is C28H24O8. The number of carbonyl (C=O) groups excluding carboxylic acids is 3. The minimum atomic E-state index is -0.795. The van der Waals surface area contributed by atoms with Crippen molar-refractivity contribution in [1.82, 2.24) is 0 Å². The van der Waals surface area contributed by atoms with Crippen LogP contribution in [0.15, 0.2) is 54.6 Å². The Hall–Kier alpha value is -4.77. The van der Waals surface area contributed by atoms with Crippen molar-refractivity contribution in [3.63, 3.8) is 0 Å². The van der Waals surface area contributed by atoms with Crippen molar-refractivity contribution in [3.8, 4) is 34.8 Å². The lowest BCUT2D eigenvalue weighted by atomic mass is 9.96. The first-order valence-electron chi connectivity index (χ1n) is 10.6. The van der Waals surface area contributed by atoms with Gasteiger partial charge in [-0.25, -0.2) is 4.79 Å². The number of carbonyl (C=O) groups is 3. The second-order valence-electron chi connectivity index (χ2n) is 7.33. The third-order valence-electron chi connectivity index (χ3n) is 5.24. The number of hydrogen-bond acceptors (Lipinski definition) is 8. The number of hydrogen-bond donors (Lipinski definition) is 0. The lowest BCUT2D eigenvalue weighted by Crippen LogP contribution is -2.16. The van der Waals surface area contributed by atoms with Gasteiger partial charge in [0.05, 0.1) is 41.1 Å². The first-order valence-corrected chi connectivity index (χ1v) is 10.6. The quantitative estimate of drug-likeness (QED) is 0.203. The first-order chi connectivity index (χ1) is 17.3. The second-order valence-corrected chi connectivity index (χ2v) is 7.33. The number of Topliss-reactive ketones (excluding diaryl/α,β-unsaturated/α-hetero) is 2.